The molecule has 104 valence electrons. The summed E-state index contributed by atoms with van der Waals surface area (Å²) in [7, 11) is -3.18. The molecule has 0 bridgehead atoms. The molecule has 1 saturated heterocycles. The molecule has 1 N–H and O–H groups in total. The van der Waals surface area contributed by atoms with Gasteiger partial charge in [0.05, 0.1) is 17.8 Å². The minimum absolute atomic E-state index is 0.0505. The number of rotatable bonds is 5. The first-order valence-electron chi connectivity index (χ1n) is 6.00. The Kier molecular flexibility index (Phi) is 4.50. The number of nitrogens with one attached hydrogen (secondary N) is 1. The van der Waals surface area contributed by atoms with Crippen molar-refractivity contribution in [2.24, 2.45) is 0 Å². The van der Waals surface area contributed by atoms with E-state index in [0.29, 0.717) is 6.42 Å². The fraction of sp³-hybridized carbons (Fsp3) is 0.818. The van der Waals surface area contributed by atoms with E-state index in [1.165, 1.54) is 0 Å². The van der Waals surface area contributed by atoms with E-state index in [4.69, 9.17) is 0 Å². The fourth-order valence-electron chi connectivity index (χ4n) is 1.79. The number of imide groups is 1. The number of amides is 2. The van der Waals surface area contributed by atoms with Gasteiger partial charge in [-0.25, -0.2) is 8.42 Å². The molecule has 1 fully saturated rings. The van der Waals surface area contributed by atoms with Crippen molar-refractivity contribution in [1.29, 1.82) is 0 Å². The smallest absolute Gasteiger partial charge is 0.248 e. The van der Waals surface area contributed by atoms with Crippen LogP contribution in [0.15, 0.2) is 0 Å². The van der Waals surface area contributed by atoms with Gasteiger partial charge in [-0.15, -0.1) is 0 Å². The number of nitrogens with zero attached hydrogens (tertiary/aromatic N) is 1. The Hall–Kier alpha value is -0.950. The van der Waals surface area contributed by atoms with Gasteiger partial charge in [-0.2, -0.15) is 0 Å². The van der Waals surface area contributed by atoms with Gasteiger partial charge in [0, 0.05) is 12.3 Å². The first kappa shape index (κ1) is 15.1. The fourth-order valence-corrected chi connectivity index (χ4v) is 3.07. The highest BCUT2D eigenvalue weighted by Crippen LogP contribution is 2.13. The topological polar surface area (TPSA) is 83.6 Å². The number of carbonyl (C=O) groups is 2. The van der Waals surface area contributed by atoms with Gasteiger partial charge in [0.25, 0.3) is 0 Å². The summed E-state index contributed by atoms with van der Waals surface area (Å²) in [6, 6.07) is 0. The van der Waals surface area contributed by atoms with E-state index in [1.54, 1.807) is 20.8 Å². The SMILES string of the molecule is CCCS(=O)(=O)CCN1C(=O)CNC(C)(C)C1=O. The van der Waals surface area contributed by atoms with Crippen LogP contribution in [0.2, 0.25) is 0 Å². The summed E-state index contributed by atoms with van der Waals surface area (Å²) in [6.07, 6.45) is 0.539. The molecule has 0 unspecified atom stereocenters. The van der Waals surface area contributed by atoms with Gasteiger partial charge < -0.3 is 0 Å². The van der Waals surface area contributed by atoms with Gasteiger partial charge in [-0.1, -0.05) is 6.92 Å². The summed E-state index contributed by atoms with van der Waals surface area (Å²) >= 11 is 0. The van der Waals surface area contributed by atoms with Gasteiger partial charge in [0.2, 0.25) is 11.8 Å². The second-order valence-electron chi connectivity index (χ2n) is 4.98. The predicted molar refractivity (Wildman–Crippen MR) is 67.7 cm³/mol. The maximum atomic E-state index is 12.0. The first-order chi connectivity index (χ1) is 8.19. The largest absolute Gasteiger partial charge is 0.295 e. The zero-order valence-electron chi connectivity index (χ0n) is 11.0. The predicted octanol–water partition coefficient (Wildman–Crippen LogP) is -0.452. The Morgan fingerprint density at radius 1 is 1.28 bits per heavy atom. The lowest BCUT2D eigenvalue weighted by molar-refractivity contribution is -0.152. The summed E-state index contributed by atoms with van der Waals surface area (Å²) in [5, 5.41) is 2.82. The molecule has 0 atom stereocenters. The third-order valence-electron chi connectivity index (χ3n) is 2.90. The highest BCUT2D eigenvalue weighted by molar-refractivity contribution is 7.91. The molecule has 1 rings (SSSR count). The zero-order chi connectivity index (χ0) is 14.0. The molecular formula is C11H20N2O4S. The van der Waals surface area contributed by atoms with E-state index in [1.807, 2.05) is 0 Å². The number of carbonyl (C=O) groups excluding carboxylic acids is 2. The van der Waals surface area contributed by atoms with Crippen molar-refractivity contribution in [3.8, 4) is 0 Å². The van der Waals surface area contributed by atoms with Crippen molar-refractivity contribution < 1.29 is 18.0 Å². The van der Waals surface area contributed by atoms with Gasteiger partial charge in [-0.3, -0.25) is 19.8 Å². The number of sulfone groups is 1. The van der Waals surface area contributed by atoms with Crippen LogP contribution in [-0.2, 0) is 19.4 Å². The standard InChI is InChI=1S/C11H20N2O4S/c1-4-6-18(16,17)7-5-13-9(14)8-12-11(2,3)10(13)15/h12H,4-8H2,1-3H3. The van der Waals surface area contributed by atoms with Crippen molar-refractivity contribution in [3.63, 3.8) is 0 Å². The molecule has 2 amide bonds. The van der Waals surface area contributed by atoms with E-state index in [-0.39, 0.29) is 36.4 Å². The van der Waals surface area contributed by atoms with Crippen LogP contribution in [0.4, 0.5) is 0 Å². The number of hydrogen-bond acceptors (Lipinski definition) is 5. The molecular weight excluding hydrogens is 256 g/mol. The average Bonchev–Trinajstić information content (AvgIpc) is 2.24. The number of piperazine rings is 1. The monoisotopic (exact) mass is 276 g/mol. The maximum absolute atomic E-state index is 12.0. The molecule has 1 aliphatic rings. The Balaban J connectivity index is 2.71. The molecule has 18 heavy (non-hydrogen) atoms. The minimum Gasteiger partial charge on any atom is -0.295 e. The van der Waals surface area contributed by atoms with Crippen LogP contribution in [0, 0.1) is 0 Å². The second kappa shape index (κ2) is 5.36. The second-order valence-corrected chi connectivity index (χ2v) is 7.28. The van der Waals surface area contributed by atoms with Crippen LogP contribution >= 0.6 is 0 Å². The molecule has 0 spiro atoms. The van der Waals surface area contributed by atoms with Gasteiger partial charge in [-0.05, 0) is 20.3 Å². The van der Waals surface area contributed by atoms with E-state index in [0.717, 1.165) is 4.90 Å². The molecule has 6 nitrogen and oxygen atoms in total. The summed E-state index contributed by atoms with van der Waals surface area (Å²) < 4.78 is 23.2. The third-order valence-corrected chi connectivity index (χ3v) is 4.74. The normalized spacial score (nSPS) is 20.3. The molecule has 0 saturated carbocycles. The average molecular weight is 276 g/mol. The summed E-state index contributed by atoms with van der Waals surface area (Å²) in [6.45, 7) is 5.14. The van der Waals surface area contributed by atoms with Crippen LogP contribution in [0.3, 0.4) is 0 Å². The van der Waals surface area contributed by atoms with Crippen LogP contribution in [-0.4, -0.2) is 55.3 Å². The minimum atomic E-state index is -3.18. The highest BCUT2D eigenvalue weighted by Gasteiger charge is 2.39. The molecule has 0 radical (unpaired) electrons. The molecule has 1 heterocycles. The number of hydrogen-bond donors (Lipinski definition) is 1. The van der Waals surface area contributed by atoms with E-state index in [2.05, 4.69) is 5.32 Å². The van der Waals surface area contributed by atoms with E-state index in [9.17, 15) is 18.0 Å². The van der Waals surface area contributed by atoms with Gasteiger partial charge in [0.1, 0.15) is 0 Å². The molecule has 0 aliphatic carbocycles. The molecule has 7 heteroatoms. The maximum Gasteiger partial charge on any atom is 0.248 e. The summed E-state index contributed by atoms with van der Waals surface area (Å²) in [4.78, 5) is 24.6. The lowest BCUT2D eigenvalue weighted by Crippen LogP contribution is -2.64. The third kappa shape index (κ3) is 3.52. The summed E-state index contributed by atoms with van der Waals surface area (Å²) in [5.74, 6) is -0.810. The first-order valence-corrected chi connectivity index (χ1v) is 7.82. The lowest BCUT2D eigenvalue weighted by Gasteiger charge is -2.36. The molecule has 0 aromatic carbocycles. The Morgan fingerprint density at radius 2 is 1.89 bits per heavy atom. The Morgan fingerprint density at radius 3 is 2.44 bits per heavy atom. The Bertz CT molecular complexity index is 442. The van der Waals surface area contributed by atoms with Crippen molar-refractivity contribution in [2.45, 2.75) is 32.7 Å². The van der Waals surface area contributed by atoms with Crippen molar-refractivity contribution in [2.75, 3.05) is 24.6 Å². The van der Waals surface area contributed by atoms with E-state index >= 15 is 0 Å². The highest BCUT2D eigenvalue weighted by atomic mass is 32.2. The molecule has 1 aliphatic heterocycles. The lowest BCUT2D eigenvalue weighted by atomic mass is 10.0. The van der Waals surface area contributed by atoms with E-state index < -0.39 is 15.4 Å². The van der Waals surface area contributed by atoms with Crippen LogP contribution in [0.25, 0.3) is 0 Å². The van der Waals surface area contributed by atoms with Gasteiger partial charge in [0.15, 0.2) is 9.84 Å². The van der Waals surface area contributed by atoms with Crippen molar-refractivity contribution in [3.05, 3.63) is 0 Å². The van der Waals surface area contributed by atoms with Crippen molar-refractivity contribution in [1.82, 2.24) is 10.2 Å². The van der Waals surface area contributed by atoms with Crippen LogP contribution in [0.5, 0.6) is 0 Å². The Labute approximate surface area is 108 Å². The quantitative estimate of drug-likeness (QED) is 0.688. The molecule has 0 aromatic rings. The van der Waals surface area contributed by atoms with Crippen molar-refractivity contribution >= 4 is 21.7 Å². The summed E-state index contributed by atoms with van der Waals surface area (Å²) in [5.41, 5.74) is -0.817. The molecule has 0 aromatic heterocycles. The van der Waals surface area contributed by atoms with Crippen LogP contribution < -0.4 is 5.32 Å². The van der Waals surface area contributed by atoms with Crippen LogP contribution in [0.1, 0.15) is 27.2 Å². The zero-order valence-corrected chi connectivity index (χ0v) is 11.8. The van der Waals surface area contributed by atoms with Gasteiger partial charge >= 0.3 is 0 Å².